The van der Waals surface area contributed by atoms with Crippen LogP contribution in [0, 0.1) is 10.1 Å². The van der Waals surface area contributed by atoms with E-state index in [9.17, 15) is 19.7 Å². The maximum Gasteiger partial charge on any atom is 0.326 e. The van der Waals surface area contributed by atoms with E-state index in [1.165, 1.54) is 16.7 Å². The van der Waals surface area contributed by atoms with Gasteiger partial charge in [0.15, 0.2) is 4.80 Å². The number of aromatic nitrogens is 1. The Kier molecular flexibility index (Phi) is 6.77. The predicted octanol–water partition coefficient (Wildman–Crippen LogP) is 4.88. The quantitative estimate of drug-likeness (QED) is 0.289. The number of hydrogen-bond donors (Lipinski definition) is 0. The molecular formula is C18H12Cl3N3O5S. The average Bonchev–Trinajstić information content (AvgIpc) is 3.02. The highest BCUT2D eigenvalue weighted by Crippen LogP contribution is 2.32. The number of benzene rings is 2. The first-order valence-corrected chi connectivity index (χ1v) is 10.3. The Hall–Kier alpha value is -2.46. The Balaban J connectivity index is 2.23. The number of nitro benzene ring substituents is 1. The molecule has 1 amide bonds. The monoisotopic (exact) mass is 487 g/mol. The SMILES string of the molecule is CCOC(=O)Cn1c(=NC(=O)c2cc(Cl)ccc2[N+](=O)[O-])sc2ccc(Cl)c(Cl)c21. The summed E-state index contributed by atoms with van der Waals surface area (Å²) in [5.41, 5.74) is -0.321. The van der Waals surface area contributed by atoms with Crippen LogP contribution in [0.4, 0.5) is 5.69 Å². The maximum absolute atomic E-state index is 12.8. The van der Waals surface area contributed by atoms with E-state index < -0.39 is 22.5 Å². The number of carbonyl (C=O) groups excluding carboxylic acids is 2. The van der Waals surface area contributed by atoms with E-state index >= 15 is 0 Å². The Bertz CT molecular complexity index is 1250. The largest absolute Gasteiger partial charge is 0.465 e. The zero-order valence-electron chi connectivity index (χ0n) is 15.2. The number of fused-ring (bicyclic) bond motifs is 1. The number of ether oxygens (including phenoxy) is 1. The molecule has 156 valence electrons. The van der Waals surface area contributed by atoms with Crippen molar-refractivity contribution in [3.8, 4) is 0 Å². The topological polar surface area (TPSA) is 104 Å². The van der Waals surface area contributed by atoms with Crippen LogP contribution in [0.2, 0.25) is 15.1 Å². The van der Waals surface area contributed by atoms with E-state index in [-0.39, 0.29) is 38.6 Å². The van der Waals surface area contributed by atoms with Gasteiger partial charge in [-0.2, -0.15) is 4.99 Å². The first-order chi connectivity index (χ1) is 14.2. The number of carbonyl (C=O) groups is 2. The number of nitrogens with zero attached hydrogens (tertiary/aromatic N) is 3. The third-order valence-electron chi connectivity index (χ3n) is 3.91. The number of hydrogen-bond acceptors (Lipinski definition) is 6. The van der Waals surface area contributed by atoms with Crippen molar-refractivity contribution in [2.24, 2.45) is 4.99 Å². The molecule has 0 radical (unpaired) electrons. The molecule has 1 heterocycles. The van der Waals surface area contributed by atoms with Crippen molar-refractivity contribution in [2.75, 3.05) is 6.61 Å². The maximum atomic E-state index is 12.8. The number of nitro groups is 1. The van der Waals surface area contributed by atoms with Gasteiger partial charge >= 0.3 is 5.97 Å². The molecule has 8 nitrogen and oxygen atoms in total. The summed E-state index contributed by atoms with van der Waals surface area (Å²) < 4.78 is 6.98. The predicted molar refractivity (Wildman–Crippen MR) is 114 cm³/mol. The van der Waals surface area contributed by atoms with Crippen LogP contribution < -0.4 is 4.80 Å². The van der Waals surface area contributed by atoms with Crippen molar-refractivity contribution in [2.45, 2.75) is 13.5 Å². The van der Waals surface area contributed by atoms with Gasteiger partial charge in [0.1, 0.15) is 12.1 Å². The fourth-order valence-electron chi connectivity index (χ4n) is 2.66. The van der Waals surface area contributed by atoms with Crippen LogP contribution in [0.25, 0.3) is 10.2 Å². The van der Waals surface area contributed by atoms with E-state index in [4.69, 9.17) is 39.5 Å². The molecule has 0 bridgehead atoms. The molecule has 1 aromatic heterocycles. The van der Waals surface area contributed by atoms with Crippen molar-refractivity contribution in [3.05, 3.63) is 65.9 Å². The van der Waals surface area contributed by atoms with Gasteiger partial charge in [-0.05, 0) is 31.2 Å². The summed E-state index contributed by atoms with van der Waals surface area (Å²) in [6.07, 6.45) is 0. The Morgan fingerprint density at radius 1 is 1.23 bits per heavy atom. The van der Waals surface area contributed by atoms with Gasteiger partial charge in [-0.25, -0.2) is 0 Å². The standard InChI is InChI=1S/C18H12Cl3N3O5S/c1-2-29-14(25)8-23-16-13(6-4-11(20)15(16)21)30-18(23)22-17(26)10-7-9(19)3-5-12(10)24(27)28/h3-7H,2,8H2,1H3. The number of thiazole rings is 1. The highest BCUT2D eigenvalue weighted by Gasteiger charge is 2.22. The zero-order chi connectivity index (χ0) is 22.0. The third kappa shape index (κ3) is 4.49. The minimum Gasteiger partial charge on any atom is -0.465 e. The summed E-state index contributed by atoms with van der Waals surface area (Å²) in [6.45, 7) is 1.54. The van der Waals surface area contributed by atoms with Gasteiger partial charge in [0.2, 0.25) is 0 Å². The molecule has 3 rings (SSSR count). The number of halogens is 3. The summed E-state index contributed by atoms with van der Waals surface area (Å²) in [7, 11) is 0. The number of amides is 1. The van der Waals surface area contributed by atoms with Gasteiger partial charge in [0.05, 0.1) is 31.8 Å². The van der Waals surface area contributed by atoms with Crippen LogP contribution in [-0.4, -0.2) is 28.0 Å². The summed E-state index contributed by atoms with van der Waals surface area (Å²) in [4.78, 5) is 39.5. The molecule has 0 aliphatic carbocycles. The summed E-state index contributed by atoms with van der Waals surface area (Å²) in [5.74, 6) is -1.47. The van der Waals surface area contributed by atoms with Crippen LogP contribution >= 0.6 is 46.1 Å². The van der Waals surface area contributed by atoms with Crippen LogP contribution in [0.15, 0.2) is 35.3 Å². The van der Waals surface area contributed by atoms with E-state index in [0.717, 1.165) is 17.4 Å². The normalized spacial score (nSPS) is 11.7. The third-order valence-corrected chi connectivity index (χ3v) is 5.98. The van der Waals surface area contributed by atoms with Crippen molar-refractivity contribution in [1.82, 2.24) is 4.57 Å². The molecule has 0 saturated carbocycles. The smallest absolute Gasteiger partial charge is 0.326 e. The summed E-state index contributed by atoms with van der Waals surface area (Å²) >= 11 is 19.4. The lowest BCUT2D eigenvalue weighted by Crippen LogP contribution is -2.23. The Morgan fingerprint density at radius 3 is 2.63 bits per heavy atom. The van der Waals surface area contributed by atoms with Gasteiger partial charge in [-0.15, -0.1) is 0 Å². The fourth-order valence-corrected chi connectivity index (χ4v) is 4.34. The molecule has 3 aromatic rings. The van der Waals surface area contributed by atoms with Crippen molar-refractivity contribution in [3.63, 3.8) is 0 Å². The molecule has 0 aliphatic rings. The van der Waals surface area contributed by atoms with Crippen molar-refractivity contribution >= 4 is 73.9 Å². The van der Waals surface area contributed by atoms with E-state index in [1.807, 2.05) is 0 Å². The van der Waals surface area contributed by atoms with Gasteiger partial charge in [-0.1, -0.05) is 46.1 Å². The average molecular weight is 489 g/mol. The molecule has 12 heteroatoms. The molecule has 2 aromatic carbocycles. The summed E-state index contributed by atoms with van der Waals surface area (Å²) in [6, 6.07) is 6.84. The molecule has 0 N–H and O–H groups in total. The first kappa shape index (κ1) is 22.2. The highest BCUT2D eigenvalue weighted by molar-refractivity contribution is 7.16. The van der Waals surface area contributed by atoms with E-state index in [0.29, 0.717) is 10.2 Å². The molecule has 0 saturated heterocycles. The second kappa shape index (κ2) is 9.13. The summed E-state index contributed by atoms with van der Waals surface area (Å²) in [5, 5.41) is 11.8. The van der Waals surface area contributed by atoms with Gasteiger partial charge in [-0.3, -0.25) is 19.7 Å². The lowest BCUT2D eigenvalue weighted by atomic mass is 10.2. The van der Waals surface area contributed by atoms with Gasteiger partial charge in [0.25, 0.3) is 11.6 Å². The minimum atomic E-state index is -0.893. The van der Waals surface area contributed by atoms with Crippen molar-refractivity contribution in [1.29, 1.82) is 0 Å². The van der Waals surface area contributed by atoms with E-state index in [1.54, 1.807) is 19.1 Å². The Morgan fingerprint density at radius 2 is 1.97 bits per heavy atom. The molecule has 0 atom stereocenters. The first-order valence-electron chi connectivity index (χ1n) is 8.39. The molecular weight excluding hydrogens is 477 g/mol. The number of esters is 1. The lowest BCUT2D eigenvalue weighted by Gasteiger charge is -2.07. The fraction of sp³-hybridized carbons (Fsp3) is 0.167. The highest BCUT2D eigenvalue weighted by atomic mass is 35.5. The molecule has 0 aliphatic heterocycles. The van der Waals surface area contributed by atoms with E-state index in [2.05, 4.69) is 4.99 Å². The van der Waals surface area contributed by atoms with Gasteiger partial charge < -0.3 is 9.30 Å². The second-order valence-electron chi connectivity index (χ2n) is 5.82. The van der Waals surface area contributed by atoms with Crippen LogP contribution in [0.5, 0.6) is 0 Å². The minimum absolute atomic E-state index is 0.0986. The van der Waals surface area contributed by atoms with Gasteiger partial charge in [0, 0.05) is 11.1 Å². The van der Waals surface area contributed by atoms with Crippen LogP contribution in [-0.2, 0) is 16.1 Å². The van der Waals surface area contributed by atoms with Crippen LogP contribution in [0.1, 0.15) is 17.3 Å². The molecule has 30 heavy (non-hydrogen) atoms. The second-order valence-corrected chi connectivity index (χ2v) is 8.05. The Labute approximate surface area is 188 Å². The molecule has 0 spiro atoms. The lowest BCUT2D eigenvalue weighted by molar-refractivity contribution is -0.385. The molecule has 0 fully saturated rings. The van der Waals surface area contributed by atoms with Crippen molar-refractivity contribution < 1.29 is 19.2 Å². The van der Waals surface area contributed by atoms with Crippen LogP contribution in [0.3, 0.4) is 0 Å². The molecule has 0 unspecified atom stereocenters. The zero-order valence-corrected chi connectivity index (χ0v) is 18.3. The number of rotatable bonds is 5.